The zero-order chi connectivity index (χ0) is 14.6. The van der Waals surface area contributed by atoms with Crippen molar-refractivity contribution in [3.05, 3.63) is 18.5 Å². The lowest BCUT2D eigenvalue weighted by Crippen LogP contribution is -2.41. The number of rotatable bonds is 5. The Hall–Kier alpha value is -1.18. The van der Waals surface area contributed by atoms with E-state index in [2.05, 4.69) is 10.3 Å². The summed E-state index contributed by atoms with van der Waals surface area (Å²) in [5, 5.41) is 2.91. The van der Waals surface area contributed by atoms with Gasteiger partial charge in [-0.25, -0.2) is 8.42 Å². The first-order chi connectivity index (χ1) is 9.59. The molecular weight excluding hydrogens is 278 g/mol. The van der Waals surface area contributed by atoms with E-state index in [-0.39, 0.29) is 10.8 Å². The van der Waals surface area contributed by atoms with E-state index in [1.165, 1.54) is 10.5 Å². The fourth-order valence-electron chi connectivity index (χ4n) is 2.55. The Balaban J connectivity index is 2.25. The quantitative estimate of drug-likeness (QED) is 0.883. The van der Waals surface area contributed by atoms with Crippen LogP contribution in [-0.4, -0.2) is 51.6 Å². The Labute approximate surface area is 120 Å². The summed E-state index contributed by atoms with van der Waals surface area (Å²) in [5.74, 6) is 0.262. The smallest absolute Gasteiger partial charge is 0.246 e. The molecule has 1 aliphatic rings. The van der Waals surface area contributed by atoms with E-state index in [0.717, 1.165) is 12.8 Å². The van der Waals surface area contributed by atoms with E-state index < -0.39 is 10.0 Å². The first-order valence-electron chi connectivity index (χ1n) is 6.70. The highest BCUT2D eigenvalue weighted by Gasteiger charge is 2.31. The zero-order valence-electron chi connectivity index (χ0n) is 11.9. The van der Waals surface area contributed by atoms with Crippen LogP contribution >= 0.6 is 0 Å². The second-order valence-corrected chi connectivity index (χ2v) is 6.85. The van der Waals surface area contributed by atoms with Crippen LogP contribution in [0.2, 0.25) is 0 Å². The van der Waals surface area contributed by atoms with Crippen LogP contribution in [0, 0.1) is 5.92 Å². The SMILES string of the molecule is CNc1ccncc1S(=O)(=O)N1CCCC(COC)C1. The molecule has 1 aromatic rings. The van der Waals surface area contributed by atoms with Gasteiger partial charge >= 0.3 is 0 Å². The molecule has 0 aliphatic carbocycles. The molecule has 0 radical (unpaired) electrons. The minimum Gasteiger partial charge on any atom is -0.387 e. The number of hydrogen-bond donors (Lipinski definition) is 1. The van der Waals surface area contributed by atoms with E-state index in [4.69, 9.17) is 4.74 Å². The van der Waals surface area contributed by atoms with Crippen molar-refractivity contribution < 1.29 is 13.2 Å². The monoisotopic (exact) mass is 299 g/mol. The molecule has 0 bridgehead atoms. The van der Waals surface area contributed by atoms with Crippen molar-refractivity contribution in [2.24, 2.45) is 5.92 Å². The number of nitrogens with zero attached hydrogens (tertiary/aromatic N) is 2. The highest BCUT2D eigenvalue weighted by atomic mass is 32.2. The van der Waals surface area contributed by atoms with Crippen LogP contribution in [0.25, 0.3) is 0 Å². The highest BCUT2D eigenvalue weighted by Crippen LogP contribution is 2.27. The van der Waals surface area contributed by atoms with Gasteiger partial charge in [0.1, 0.15) is 4.90 Å². The number of methoxy groups -OCH3 is 1. The number of aromatic nitrogens is 1. The van der Waals surface area contributed by atoms with Gasteiger partial charge in [0.25, 0.3) is 0 Å². The third-order valence-corrected chi connectivity index (χ3v) is 5.45. The van der Waals surface area contributed by atoms with Crippen LogP contribution in [0.15, 0.2) is 23.4 Å². The molecular formula is C13H21N3O3S. The summed E-state index contributed by atoms with van der Waals surface area (Å²) in [6.45, 7) is 1.66. The Morgan fingerprint density at radius 3 is 3.05 bits per heavy atom. The molecule has 2 heterocycles. The molecule has 1 saturated heterocycles. The largest absolute Gasteiger partial charge is 0.387 e. The lowest BCUT2D eigenvalue weighted by Gasteiger charge is -2.31. The number of anilines is 1. The Morgan fingerprint density at radius 1 is 1.55 bits per heavy atom. The van der Waals surface area contributed by atoms with Gasteiger partial charge in [-0.1, -0.05) is 0 Å². The van der Waals surface area contributed by atoms with Crippen molar-refractivity contribution in [3.8, 4) is 0 Å². The average molecular weight is 299 g/mol. The summed E-state index contributed by atoms with van der Waals surface area (Å²) < 4.78 is 32.1. The fraction of sp³-hybridized carbons (Fsp3) is 0.615. The first-order valence-corrected chi connectivity index (χ1v) is 8.14. The second-order valence-electron chi connectivity index (χ2n) is 4.95. The van der Waals surface area contributed by atoms with Crippen molar-refractivity contribution >= 4 is 15.7 Å². The van der Waals surface area contributed by atoms with Gasteiger partial charge in [0.2, 0.25) is 10.0 Å². The van der Waals surface area contributed by atoms with E-state index in [1.807, 2.05) is 0 Å². The Bertz CT molecular complexity index is 546. The van der Waals surface area contributed by atoms with Crippen molar-refractivity contribution in [2.75, 3.05) is 39.2 Å². The van der Waals surface area contributed by atoms with Crippen molar-refractivity contribution in [1.29, 1.82) is 0 Å². The van der Waals surface area contributed by atoms with Crippen LogP contribution in [0.5, 0.6) is 0 Å². The maximum atomic E-state index is 12.7. The molecule has 0 aromatic carbocycles. The van der Waals surface area contributed by atoms with Crippen LogP contribution < -0.4 is 5.32 Å². The van der Waals surface area contributed by atoms with Crippen LogP contribution in [0.3, 0.4) is 0 Å². The fourth-order valence-corrected chi connectivity index (χ4v) is 4.24. The van der Waals surface area contributed by atoms with Gasteiger partial charge in [-0.15, -0.1) is 0 Å². The molecule has 1 N–H and O–H groups in total. The molecule has 112 valence electrons. The summed E-state index contributed by atoms with van der Waals surface area (Å²) >= 11 is 0. The Morgan fingerprint density at radius 2 is 2.35 bits per heavy atom. The Kier molecular flexibility index (Phi) is 4.95. The lowest BCUT2D eigenvalue weighted by atomic mass is 10.0. The van der Waals surface area contributed by atoms with Gasteiger partial charge in [-0.05, 0) is 24.8 Å². The van der Waals surface area contributed by atoms with Gasteiger partial charge in [-0.3, -0.25) is 4.98 Å². The normalized spacial score (nSPS) is 20.8. The molecule has 20 heavy (non-hydrogen) atoms. The number of pyridine rings is 1. The van der Waals surface area contributed by atoms with Crippen LogP contribution in [-0.2, 0) is 14.8 Å². The predicted molar refractivity (Wildman–Crippen MR) is 77.1 cm³/mol. The van der Waals surface area contributed by atoms with Gasteiger partial charge in [-0.2, -0.15) is 4.31 Å². The third-order valence-electron chi connectivity index (χ3n) is 3.56. The van der Waals surface area contributed by atoms with Crippen LogP contribution in [0.4, 0.5) is 5.69 Å². The molecule has 1 aromatic heterocycles. The van der Waals surface area contributed by atoms with E-state index in [1.54, 1.807) is 26.4 Å². The molecule has 1 aliphatic heterocycles. The summed E-state index contributed by atoms with van der Waals surface area (Å²) in [5.41, 5.74) is 0.578. The lowest BCUT2D eigenvalue weighted by molar-refractivity contribution is 0.118. The van der Waals surface area contributed by atoms with E-state index in [9.17, 15) is 8.42 Å². The molecule has 1 atom stereocenters. The molecule has 1 unspecified atom stereocenters. The van der Waals surface area contributed by atoms with Crippen molar-refractivity contribution in [1.82, 2.24) is 9.29 Å². The van der Waals surface area contributed by atoms with Crippen molar-refractivity contribution in [3.63, 3.8) is 0 Å². The second kappa shape index (κ2) is 6.51. The number of nitrogens with one attached hydrogen (secondary N) is 1. The molecule has 0 spiro atoms. The van der Waals surface area contributed by atoms with E-state index >= 15 is 0 Å². The molecule has 0 amide bonds. The molecule has 7 heteroatoms. The average Bonchev–Trinajstić information content (AvgIpc) is 2.48. The topological polar surface area (TPSA) is 71.5 Å². The third kappa shape index (κ3) is 3.11. The highest BCUT2D eigenvalue weighted by molar-refractivity contribution is 7.89. The predicted octanol–water partition coefficient (Wildman–Crippen LogP) is 1.17. The molecule has 1 fully saturated rings. The number of ether oxygens (including phenoxy) is 1. The summed E-state index contributed by atoms with van der Waals surface area (Å²) in [6, 6.07) is 1.67. The zero-order valence-corrected chi connectivity index (χ0v) is 12.7. The van der Waals surface area contributed by atoms with Gasteiger partial charge in [0.15, 0.2) is 0 Å². The van der Waals surface area contributed by atoms with Gasteiger partial charge in [0.05, 0.1) is 12.3 Å². The maximum absolute atomic E-state index is 12.7. The first kappa shape index (κ1) is 15.2. The number of sulfonamides is 1. The molecule has 6 nitrogen and oxygen atoms in total. The number of piperidine rings is 1. The maximum Gasteiger partial charge on any atom is 0.246 e. The van der Waals surface area contributed by atoms with Gasteiger partial charge < -0.3 is 10.1 Å². The number of hydrogen-bond acceptors (Lipinski definition) is 5. The van der Waals surface area contributed by atoms with Gasteiger partial charge in [0, 0.05) is 39.6 Å². The molecule has 0 saturated carbocycles. The standard InChI is InChI=1S/C13H21N3O3S/c1-14-12-5-6-15-8-13(12)20(17,18)16-7-3-4-11(9-16)10-19-2/h5-6,8,11H,3-4,7,9-10H2,1-2H3,(H,14,15). The summed E-state index contributed by atoms with van der Waals surface area (Å²) in [6.07, 6.45) is 4.85. The summed E-state index contributed by atoms with van der Waals surface area (Å²) in [4.78, 5) is 4.18. The minimum atomic E-state index is -3.50. The van der Waals surface area contributed by atoms with Crippen molar-refractivity contribution in [2.45, 2.75) is 17.7 Å². The van der Waals surface area contributed by atoms with E-state index in [0.29, 0.717) is 25.4 Å². The van der Waals surface area contributed by atoms with Crippen LogP contribution in [0.1, 0.15) is 12.8 Å². The minimum absolute atomic E-state index is 0.237. The summed E-state index contributed by atoms with van der Waals surface area (Å²) in [7, 11) is -0.150. The molecule has 2 rings (SSSR count).